The van der Waals surface area contributed by atoms with Crippen LogP contribution in [-0.4, -0.2) is 35.5 Å². The minimum absolute atomic E-state index is 0.121. The maximum absolute atomic E-state index is 12.3. The van der Waals surface area contributed by atoms with Crippen LogP contribution in [0.25, 0.3) is 11.3 Å². The lowest BCUT2D eigenvalue weighted by molar-refractivity contribution is 0.0995. The fourth-order valence-electron chi connectivity index (χ4n) is 2.77. The van der Waals surface area contributed by atoms with Gasteiger partial charge in [0.2, 0.25) is 5.75 Å². The van der Waals surface area contributed by atoms with Gasteiger partial charge in [-0.05, 0) is 24.3 Å². The lowest BCUT2D eigenvalue weighted by Crippen LogP contribution is -2.09. The first-order chi connectivity index (χ1) is 11.0. The number of rotatable bonds is 3. The van der Waals surface area contributed by atoms with Crippen LogP contribution in [0, 0.1) is 0 Å². The van der Waals surface area contributed by atoms with Crippen LogP contribution in [0.1, 0.15) is 20.7 Å². The van der Waals surface area contributed by atoms with Crippen LogP contribution in [0.15, 0.2) is 30.5 Å². The fraction of sp³-hybridized carbons (Fsp3) is 0.176. The minimum Gasteiger partial charge on any atom is -0.502 e. The minimum atomic E-state index is -0.235. The summed E-state index contributed by atoms with van der Waals surface area (Å²) < 4.78 is 12.0. The van der Waals surface area contributed by atoms with E-state index in [0.29, 0.717) is 22.4 Å². The van der Waals surface area contributed by atoms with Crippen LogP contribution in [0.2, 0.25) is 0 Å². The molecular weight excluding hydrogens is 298 g/mol. The number of aryl methyl sites for hydroxylation is 1. The van der Waals surface area contributed by atoms with Crippen molar-refractivity contribution in [1.29, 1.82) is 0 Å². The molecule has 6 nitrogen and oxygen atoms in total. The SMILES string of the molecule is COc1cc(-c2c3c(cn2C)C(=O)C=CC3=O)cc(OC)c1O. The first kappa shape index (κ1) is 14.9. The number of phenolic OH excluding ortho intramolecular Hbond substituents is 1. The number of aromatic nitrogens is 1. The largest absolute Gasteiger partial charge is 0.502 e. The average Bonchev–Trinajstić information content (AvgIpc) is 2.90. The highest BCUT2D eigenvalue weighted by molar-refractivity contribution is 6.24. The number of ether oxygens (including phenoxy) is 2. The highest BCUT2D eigenvalue weighted by Crippen LogP contribution is 2.42. The Morgan fingerprint density at radius 3 is 2.13 bits per heavy atom. The van der Waals surface area contributed by atoms with Crippen molar-refractivity contribution in [3.8, 4) is 28.5 Å². The Labute approximate surface area is 132 Å². The molecule has 0 bridgehead atoms. The average molecular weight is 313 g/mol. The van der Waals surface area contributed by atoms with Crippen LogP contribution in [0.3, 0.4) is 0 Å². The third kappa shape index (κ3) is 2.19. The van der Waals surface area contributed by atoms with Gasteiger partial charge < -0.3 is 19.1 Å². The number of fused-ring (bicyclic) bond motifs is 1. The van der Waals surface area contributed by atoms with Crippen LogP contribution in [0.4, 0.5) is 0 Å². The molecule has 1 aliphatic carbocycles. The molecule has 0 amide bonds. The Hall–Kier alpha value is -3.02. The van der Waals surface area contributed by atoms with E-state index in [2.05, 4.69) is 0 Å². The first-order valence-corrected chi connectivity index (χ1v) is 6.89. The zero-order valence-corrected chi connectivity index (χ0v) is 12.9. The van der Waals surface area contributed by atoms with Gasteiger partial charge in [0, 0.05) is 18.8 Å². The van der Waals surface area contributed by atoms with E-state index in [9.17, 15) is 14.7 Å². The number of carbonyl (C=O) groups excluding carboxylic acids is 2. The summed E-state index contributed by atoms with van der Waals surface area (Å²) in [5, 5.41) is 10.0. The third-order valence-electron chi connectivity index (χ3n) is 3.83. The normalized spacial score (nSPS) is 13.2. The maximum Gasteiger partial charge on any atom is 0.200 e. The van der Waals surface area contributed by atoms with Gasteiger partial charge in [0.1, 0.15) is 0 Å². The van der Waals surface area contributed by atoms with Crippen molar-refractivity contribution in [1.82, 2.24) is 4.57 Å². The molecule has 0 unspecified atom stereocenters. The second-order valence-electron chi connectivity index (χ2n) is 5.17. The van der Waals surface area contributed by atoms with Crippen molar-refractivity contribution in [3.05, 3.63) is 41.6 Å². The van der Waals surface area contributed by atoms with E-state index in [1.165, 1.54) is 26.4 Å². The van der Waals surface area contributed by atoms with Crippen molar-refractivity contribution >= 4 is 11.6 Å². The molecule has 6 heteroatoms. The Kier molecular flexibility index (Phi) is 3.44. The van der Waals surface area contributed by atoms with Crippen molar-refractivity contribution in [3.63, 3.8) is 0 Å². The highest BCUT2D eigenvalue weighted by atomic mass is 16.5. The molecule has 0 spiro atoms. The molecule has 0 saturated carbocycles. The predicted molar refractivity (Wildman–Crippen MR) is 83.4 cm³/mol. The zero-order chi connectivity index (χ0) is 16.7. The summed E-state index contributed by atoms with van der Waals surface area (Å²) in [6, 6.07) is 3.20. The molecule has 1 heterocycles. The molecular formula is C17H15NO5. The van der Waals surface area contributed by atoms with Gasteiger partial charge in [-0.2, -0.15) is 0 Å². The number of carbonyl (C=O) groups is 2. The molecule has 2 aromatic rings. The highest BCUT2D eigenvalue weighted by Gasteiger charge is 2.27. The number of nitrogens with zero attached hydrogens (tertiary/aromatic N) is 1. The molecule has 0 aliphatic heterocycles. The molecule has 1 aromatic carbocycles. The molecule has 1 N–H and O–H groups in total. The lowest BCUT2D eigenvalue weighted by atomic mass is 9.94. The lowest BCUT2D eigenvalue weighted by Gasteiger charge is -2.13. The van der Waals surface area contributed by atoms with Gasteiger partial charge in [-0.25, -0.2) is 0 Å². The maximum atomic E-state index is 12.3. The number of hydrogen-bond acceptors (Lipinski definition) is 5. The summed E-state index contributed by atoms with van der Waals surface area (Å²) in [5.41, 5.74) is 1.88. The summed E-state index contributed by atoms with van der Waals surface area (Å²) in [6.45, 7) is 0. The Bertz CT molecular complexity index is 835. The molecule has 1 aromatic heterocycles. The molecule has 0 fully saturated rings. The molecule has 3 rings (SSSR count). The van der Waals surface area contributed by atoms with Crippen LogP contribution in [-0.2, 0) is 7.05 Å². The molecule has 23 heavy (non-hydrogen) atoms. The van der Waals surface area contributed by atoms with Gasteiger partial charge in [-0.3, -0.25) is 9.59 Å². The number of methoxy groups -OCH3 is 2. The second kappa shape index (κ2) is 5.31. The quantitative estimate of drug-likeness (QED) is 0.941. The van der Waals surface area contributed by atoms with E-state index in [1.807, 2.05) is 0 Å². The smallest absolute Gasteiger partial charge is 0.200 e. The standard InChI is InChI=1S/C17H15NO5/c1-18-8-10-11(19)4-5-12(20)15(10)16(18)9-6-13(22-2)17(21)14(7-9)23-3/h4-8,21H,1-3H3. The van der Waals surface area contributed by atoms with Crippen LogP contribution < -0.4 is 9.47 Å². The molecule has 0 saturated heterocycles. The molecule has 1 aliphatic rings. The number of benzene rings is 1. The van der Waals surface area contributed by atoms with Crippen molar-refractivity contribution < 1.29 is 24.2 Å². The van der Waals surface area contributed by atoms with Crippen LogP contribution in [0.5, 0.6) is 17.2 Å². The molecule has 0 atom stereocenters. The Balaban J connectivity index is 2.29. The third-order valence-corrected chi connectivity index (χ3v) is 3.83. The van der Waals surface area contributed by atoms with Gasteiger partial charge in [0.25, 0.3) is 0 Å². The predicted octanol–water partition coefficient (Wildman–Crippen LogP) is 2.35. The van der Waals surface area contributed by atoms with Gasteiger partial charge in [0.05, 0.1) is 31.0 Å². The van der Waals surface area contributed by atoms with Crippen molar-refractivity contribution in [2.45, 2.75) is 0 Å². The first-order valence-electron chi connectivity index (χ1n) is 6.89. The summed E-state index contributed by atoms with van der Waals surface area (Å²) in [4.78, 5) is 24.2. The monoisotopic (exact) mass is 313 g/mol. The fourth-order valence-corrected chi connectivity index (χ4v) is 2.77. The van der Waals surface area contributed by atoms with E-state index in [0.717, 1.165) is 0 Å². The molecule has 118 valence electrons. The van der Waals surface area contributed by atoms with E-state index < -0.39 is 0 Å². The van der Waals surface area contributed by atoms with E-state index in [1.54, 1.807) is 29.9 Å². The van der Waals surface area contributed by atoms with Crippen molar-refractivity contribution in [2.24, 2.45) is 7.05 Å². The van der Waals surface area contributed by atoms with Gasteiger partial charge in [-0.15, -0.1) is 0 Å². The number of hydrogen-bond donors (Lipinski definition) is 1. The summed E-state index contributed by atoms with van der Waals surface area (Å²) >= 11 is 0. The summed E-state index contributed by atoms with van der Waals surface area (Å²) in [6.07, 6.45) is 4.16. The number of phenols is 1. The Morgan fingerprint density at radius 1 is 1.00 bits per heavy atom. The van der Waals surface area contributed by atoms with E-state index >= 15 is 0 Å². The van der Waals surface area contributed by atoms with Crippen LogP contribution >= 0.6 is 0 Å². The van der Waals surface area contributed by atoms with Crippen molar-refractivity contribution in [2.75, 3.05) is 14.2 Å². The van der Waals surface area contributed by atoms with Gasteiger partial charge in [0.15, 0.2) is 23.1 Å². The number of aromatic hydroxyl groups is 1. The summed E-state index contributed by atoms with van der Waals surface area (Å²) in [5.74, 6) is -0.122. The molecule has 0 radical (unpaired) electrons. The Morgan fingerprint density at radius 2 is 1.57 bits per heavy atom. The van der Waals surface area contributed by atoms with E-state index in [-0.39, 0.29) is 28.8 Å². The number of allylic oxidation sites excluding steroid dienone is 2. The van der Waals surface area contributed by atoms with Gasteiger partial charge in [-0.1, -0.05) is 0 Å². The summed E-state index contributed by atoms with van der Waals surface area (Å²) in [7, 11) is 4.60. The van der Waals surface area contributed by atoms with Gasteiger partial charge >= 0.3 is 0 Å². The second-order valence-corrected chi connectivity index (χ2v) is 5.17. The topological polar surface area (TPSA) is 77.8 Å². The zero-order valence-electron chi connectivity index (χ0n) is 12.9. The number of ketones is 2. The van der Waals surface area contributed by atoms with E-state index in [4.69, 9.17) is 9.47 Å².